The maximum absolute atomic E-state index is 11.5. The minimum Gasteiger partial charge on any atom is -0.467 e. The molecule has 100 valence electrons. The Morgan fingerprint density at radius 2 is 2.21 bits per heavy atom. The highest BCUT2D eigenvalue weighted by Gasteiger charge is 2.17. The first-order valence-electron chi connectivity index (χ1n) is 5.49. The molecule has 2 heterocycles. The summed E-state index contributed by atoms with van der Waals surface area (Å²) in [5.74, 6) is -1.25. The van der Waals surface area contributed by atoms with E-state index in [9.17, 15) is 14.7 Å². The molecule has 0 aliphatic carbocycles. The fraction of sp³-hybridized carbons (Fsp3) is 0.167. The van der Waals surface area contributed by atoms with Crippen molar-refractivity contribution in [1.29, 1.82) is 0 Å². The number of aliphatic hydroxyl groups is 1. The maximum Gasteiger partial charge on any atom is 0.313 e. The van der Waals surface area contributed by atoms with Crippen LogP contribution in [0, 0.1) is 0 Å². The standard InChI is InChI=1S/C12H12N2O4S/c15-9(10-2-1-4-18-10)6-13-11(16)12(17)14-8-3-5-19-7-8/h1-5,7,9,15H,6H2,(H,13,16)(H,14,17). The number of aliphatic hydroxyl groups excluding tert-OH is 1. The van der Waals surface area contributed by atoms with Gasteiger partial charge < -0.3 is 20.2 Å². The van der Waals surface area contributed by atoms with Gasteiger partial charge in [0.25, 0.3) is 0 Å². The maximum atomic E-state index is 11.5. The Morgan fingerprint density at radius 1 is 1.37 bits per heavy atom. The summed E-state index contributed by atoms with van der Waals surface area (Å²) in [4.78, 5) is 23.0. The quantitative estimate of drug-likeness (QED) is 0.732. The molecule has 2 aromatic rings. The van der Waals surface area contributed by atoms with E-state index in [4.69, 9.17) is 4.42 Å². The summed E-state index contributed by atoms with van der Waals surface area (Å²) < 4.78 is 4.97. The van der Waals surface area contributed by atoms with Crippen molar-refractivity contribution in [2.75, 3.05) is 11.9 Å². The van der Waals surface area contributed by atoms with Gasteiger partial charge in [-0.15, -0.1) is 0 Å². The van der Waals surface area contributed by atoms with Gasteiger partial charge in [0.1, 0.15) is 11.9 Å². The van der Waals surface area contributed by atoms with E-state index in [0.717, 1.165) is 0 Å². The van der Waals surface area contributed by atoms with Gasteiger partial charge in [0, 0.05) is 5.38 Å². The van der Waals surface area contributed by atoms with Crippen molar-refractivity contribution in [1.82, 2.24) is 5.32 Å². The number of carbonyl (C=O) groups is 2. The molecule has 1 unspecified atom stereocenters. The number of hydrogen-bond acceptors (Lipinski definition) is 5. The summed E-state index contributed by atoms with van der Waals surface area (Å²) >= 11 is 1.41. The lowest BCUT2D eigenvalue weighted by Gasteiger charge is -2.09. The highest BCUT2D eigenvalue weighted by molar-refractivity contribution is 7.08. The van der Waals surface area contributed by atoms with Crippen LogP contribution in [0.1, 0.15) is 11.9 Å². The molecule has 7 heteroatoms. The van der Waals surface area contributed by atoms with Crippen molar-refractivity contribution in [2.45, 2.75) is 6.10 Å². The first-order valence-corrected chi connectivity index (χ1v) is 6.44. The lowest BCUT2D eigenvalue weighted by Crippen LogP contribution is -2.37. The van der Waals surface area contributed by atoms with E-state index in [-0.39, 0.29) is 6.54 Å². The predicted octanol–water partition coefficient (Wildman–Crippen LogP) is 1.13. The van der Waals surface area contributed by atoms with E-state index in [2.05, 4.69) is 10.6 Å². The first-order chi connectivity index (χ1) is 9.16. The molecule has 6 nitrogen and oxygen atoms in total. The topological polar surface area (TPSA) is 91.6 Å². The third-order valence-corrected chi connectivity index (χ3v) is 3.00. The number of rotatable bonds is 4. The Morgan fingerprint density at radius 3 is 2.84 bits per heavy atom. The van der Waals surface area contributed by atoms with E-state index in [1.807, 2.05) is 0 Å². The number of carbonyl (C=O) groups excluding carboxylic acids is 2. The molecule has 19 heavy (non-hydrogen) atoms. The monoisotopic (exact) mass is 280 g/mol. The SMILES string of the molecule is O=C(NCC(O)c1ccco1)C(=O)Nc1ccsc1. The van der Waals surface area contributed by atoms with E-state index in [0.29, 0.717) is 11.4 Å². The van der Waals surface area contributed by atoms with Crippen molar-refractivity contribution < 1.29 is 19.1 Å². The smallest absolute Gasteiger partial charge is 0.313 e. The van der Waals surface area contributed by atoms with Gasteiger partial charge >= 0.3 is 11.8 Å². The summed E-state index contributed by atoms with van der Waals surface area (Å²) in [6, 6.07) is 4.90. The van der Waals surface area contributed by atoms with Crippen LogP contribution in [0.2, 0.25) is 0 Å². The molecular formula is C12H12N2O4S. The van der Waals surface area contributed by atoms with Gasteiger partial charge in [0.15, 0.2) is 0 Å². The molecular weight excluding hydrogens is 268 g/mol. The van der Waals surface area contributed by atoms with E-state index < -0.39 is 17.9 Å². The van der Waals surface area contributed by atoms with Gasteiger partial charge in [-0.3, -0.25) is 9.59 Å². The Hall–Kier alpha value is -2.12. The molecule has 0 radical (unpaired) electrons. The van der Waals surface area contributed by atoms with Gasteiger partial charge in [-0.25, -0.2) is 0 Å². The van der Waals surface area contributed by atoms with E-state index in [1.165, 1.54) is 17.6 Å². The van der Waals surface area contributed by atoms with Crippen LogP contribution in [0.25, 0.3) is 0 Å². The average molecular weight is 280 g/mol. The third-order valence-electron chi connectivity index (χ3n) is 2.31. The fourth-order valence-electron chi connectivity index (χ4n) is 1.37. The molecule has 0 aromatic carbocycles. The number of hydrogen-bond donors (Lipinski definition) is 3. The van der Waals surface area contributed by atoms with Crippen LogP contribution >= 0.6 is 11.3 Å². The van der Waals surface area contributed by atoms with Crippen LogP contribution in [0.3, 0.4) is 0 Å². The molecule has 2 rings (SSSR count). The second-order valence-electron chi connectivity index (χ2n) is 3.71. The minimum absolute atomic E-state index is 0.0938. The molecule has 0 bridgehead atoms. The first kappa shape index (κ1) is 13.3. The molecule has 1 atom stereocenters. The number of nitrogens with one attached hydrogen (secondary N) is 2. The van der Waals surface area contributed by atoms with Crippen LogP contribution in [0.4, 0.5) is 5.69 Å². The van der Waals surface area contributed by atoms with E-state index in [1.54, 1.807) is 29.0 Å². The van der Waals surface area contributed by atoms with Gasteiger partial charge in [0.2, 0.25) is 0 Å². The lowest BCUT2D eigenvalue weighted by atomic mass is 10.2. The summed E-state index contributed by atoms with van der Waals surface area (Å²) in [5, 5.41) is 17.9. The zero-order chi connectivity index (χ0) is 13.7. The molecule has 0 saturated carbocycles. The summed E-state index contributed by atoms with van der Waals surface area (Å²) in [5.41, 5.74) is 0.566. The highest BCUT2D eigenvalue weighted by atomic mass is 32.1. The molecule has 3 N–H and O–H groups in total. The lowest BCUT2D eigenvalue weighted by molar-refractivity contribution is -0.136. The average Bonchev–Trinajstić information content (AvgIpc) is 3.07. The van der Waals surface area contributed by atoms with Gasteiger partial charge in [-0.1, -0.05) is 0 Å². The largest absolute Gasteiger partial charge is 0.467 e. The number of thiophene rings is 1. The third kappa shape index (κ3) is 3.67. The van der Waals surface area contributed by atoms with Crippen LogP contribution in [0.15, 0.2) is 39.6 Å². The normalized spacial score (nSPS) is 11.8. The molecule has 0 aliphatic rings. The summed E-state index contributed by atoms with van der Waals surface area (Å²) in [7, 11) is 0. The summed E-state index contributed by atoms with van der Waals surface area (Å²) in [6.45, 7) is -0.0938. The Balaban J connectivity index is 1.79. The van der Waals surface area contributed by atoms with E-state index >= 15 is 0 Å². The second kappa shape index (κ2) is 6.17. The zero-order valence-corrected chi connectivity index (χ0v) is 10.6. The van der Waals surface area contributed by atoms with Crippen molar-refractivity contribution in [3.63, 3.8) is 0 Å². The van der Waals surface area contributed by atoms with Crippen molar-refractivity contribution in [2.24, 2.45) is 0 Å². The molecule has 0 aliphatic heterocycles. The highest BCUT2D eigenvalue weighted by Crippen LogP contribution is 2.12. The van der Waals surface area contributed by atoms with Gasteiger partial charge in [0.05, 0.1) is 18.5 Å². The predicted molar refractivity (Wildman–Crippen MR) is 69.6 cm³/mol. The number of furan rings is 1. The Kier molecular flexibility index (Phi) is 4.32. The molecule has 2 aromatic heterocycles. The van der Waals surface area contributed by atoms with Crippen molar-refractivity contribution in [3.8, 4) is 0 Å². The molecule has 0 spiro atoms. The molecule has 0 saturated heterocycles. The van der Waals surface area contributed by atoms with Crippen LogP contribution < -0.4 is 10.6 Å². The van der Waals surface area contributed by atoms with Gasteiger partial charge in [-0.2, -0.15) is 11.3 Å². The van der Waals surface area contributed by atoms with Crippen molar-refractivity contribution in [3.05, 3.63) is 41.0 Å². The minimum atomic E-state index is -0.979. The second-order valence-corrected chi connectivity index (χ2v) is 4.49. The number of anilines is 1. The van der Waals surface area contributed by atoms with Crippen LogP contribution in [-0.4, -0.2) is 23.5 Å². The fourth-order valence-corrected chi connectivity index (χ4v) is 1.96. The van der Waals surface area contributed by atoms with Crippen LogP contribution in [-0.2, 0) is 9.59 Å². The zero-order valence-electron chi connectivity index (χ0n) is 9.83. The van der Waals surface area contributed by atoms with Crippen molar-refractivity contribution >= 4 is 28.8 Å². The molecule has 2 amide bonds. The Bertz CT molecular complexity index is 536. The van der Waals surface area contributed by atoms with Gasteiger partial charge in [-0.05, 0) is 23.6 Å². The number of amides is 2. The van der Waals surface area contributed by atoms with Crippen LogP contribution in [0.5, 0.6) is 0 Å². The Labute approximate surface area is 113 Å². The molecule has 0 fully saturated rings. The summed E-state index contributed by atoms with van der Waals surface area (Å²) in [6.07, 6.45) is 0.441.